The lowest BCUT2D eigenvalue weighted by molar-refractivity contribution is -0.134. The molecule has 3 aromatic rings. The van der Waals surface area contributed by atoms with Gasteiger partial charge in [0.15, 0.2) is 0 Å². The van der Waals surface area contributed by atoms with Crippen molar-refractivity contribution in [1.29, 1.82) is 0 Å². The maximum Gasteiger partial charge on any atom is 0.258 e. The Kier molecular flexibility index (Phi) is 4.33. The van der Waals surface area contributed by atoms with Gasteiger partial charge in [-0.1, -0.05) is 24.3 Å². The van der Waals surface area contributed by atoms with Crippen LogP contribution in [0.15, 0.2) is 48.5 Å². The molecule has 2 atom stereocenters. The van der Waals surface area contributed by atoms with Gasteiger partial charge in [0.25, 0.3) is 5.91 Å². The van der Waals surface area contributed by atoms with Crippen LogP contribution in [-0.2, 0) is 9.59 Å². The molecule has 6 rings (SSSR count). The standard InChI is InChI=1S/C25H25N5O3/c1-25-13-12-21(31)30(25)19-10-5-2-7-16(19)24(33)29(25)15-22(32)28-14-6-11-20(28)23-26-17-8-3-4-9-18(17)27-23/h2-5,7-10,20H,6,11-15H2,1H3,(H,26,27). The van der Waals surface area contributed by atoms with E-state index in [-0.39, 0.29) is 30.3 Å². The molecule has 1 N–H and O–H groups in total. The molecular formula is C25H25N5O3. The summed E-state index contributed by atoms with van der Waals surface area (Å²) < 4.78 is 0. The van der Waals surface area contributed by atoms with Crippen molar-refractivity contribution in [1.82, 2.24) is 19.8 Å². The van der Waals surface area contributed by atoms with E-state index in [1.54, 1.807) is 21.9 Å². The molecule has 2 aromatic carbocycles. The summed E-state index contributed by atoms with van der Waals surface area (Å²) in [4.78, 5) is 53.0. The van der Waals surface area contributed by atoms with E-state index >= 15 is 0 Å². The molecule has 0 radical (unpaired) electrons. The topological polar surface area (TPSA) is 89.6 Å². The van der Waals surface area contributed by atoms with Crippen LogP contribution in [0.2, 0.25) is 0 Å². The van der Waals surface area contributed by atoms with Crippen molar-refractivity contribution < 1.29 is 14.4 Å². The minimum absolute atomic E-state index is 0.0174. The Hall–Kier alpha value is -3.68. The third-order valence-corrected chi connectivity index (χ3v) is 7.34. The Labute approximate surface area is 191 Å². The van der Waals surface area contributed by atoms with Crippen LogP contribution < -0.4 is 4.90 Å². The second kappa shape index (κ2) is 7.16. The molecule has 2 unspecified atom stereocenters. The molecule has 8 heteroatoms. The number of rotatable bonds is 3. The number of benzene rings is 2. The van der Waals surface area contributed by atoms with E-state index in [9.17, 15) is 14.4 Å². The molecule has 168 valence electrons. The fourth-order valence-corrected chi connectivity index (χ4v) is 5.65. The summed E-state index contributed by atoms with van der Waals surface area (Å²) in [5.74, 6) is 0.440. The summed E-state index contributed by atoms with van der Waals surface area (Å²) >= 11 is 0. The molecule has 1 aromatic heterocycles. The number of aromatic nitrogens is 2. The van der Waals surface area contributed by atoms with Crippen molar-refractivity contribution in [3.05, 3.63) is 59.9 Å². The van der Waals surface area contributed by atoms with Gasteiger partial charge >= 0.3 is 0 Å². The Morgan fingerprint density at radius 1 is 1.15 bits per heavy atom. The average molecular weight is 444 g/mol. The molecule has 4 heterocycles. The second-order valence-corrected chi connectivity index (χ2v) is 9.24. The largest absolute Gasteiger partial charge is 0.340 e. The van der Waals surface area contributed by atoms with Crippen LogP contribution >= 0.6 is 0 Å². The van der Waals surface area contributed by atoms with E-state index in [0.717, 1.165) is 29.7 Å². The number of nitrogens with one attached hydrogen (secondary N) is 1. The molecular weight excluding hydrogens is 418 g/mol. The molecule has 0 aliphatic carbocycles. The van der Waals surface area contributed by atoms with Gasteiger partial charge in [0.05, 0.1) is 28.3 Å². The highest BCUT2D eigenvalue weighted by Gasteiger charge is 2.53. The number of anilines is 1. The van der Waals surface area contributed by atoms with E-state index < -0.39 is 5.66 Å². The second-order valence-electron chi connectivity index (χ2n) is 9.24. The van der Waals surface area contributed by atoms with Crippen LogP contribution in [0.4, 0.5) is 5.69 Å². The van der Waals surface area contributed by atoms with Crippen molar-refractivity contribution in [3.8, 4) is 0 Å². The average Bonchev–Trinajstić information content (AvgIpc) is 3.53. The number of fused-ring (bicyclic) bond motifs is 4. The van der Waals surface area contributed by atoms with E-state index in [1.807, 2.05) is 48.2 Å². The molecule has 0 saturated carbocycles. The SMILES string of the molecule is CC12CCC(=O)N1c1ccccc1C(=O)N2CC(=O)N1CCCC1c1nc2ccccc2[nH]1. The van der Waals surface area contributed by atoms with Crippen LogP contribution in [0.5, 0.6) is 0 Å². The maximum atomic E-state index is 13.6. The van der Waals surface area contributed by atoms with Crippen molar-refractivity contribution in [3.63, 3.8) is 0 Å². The zero-order chi connectivity index (χ0) is 22.7. The molecule has 3 amide bonds. The fourth-order valence-electron chi connectivity index (χ4n) is 5.65. The van der Waals surface area contributed by atoms with Gasteiger partial charge in [-0.2, -0.15) is 0 Å². The minimum Gasteiger partial charge on any atom is -0.340 e. The number of imidazole rings is 1. The van der Waals surface area contributed by atoms with Crippen LogP contribution in [0.1, 0.15) is 54.8 Å². The first kappa shape index (κ1) is 20.0. The Morgan fingerprint density at radius 3 is 2.79 bits per heavy atom. The summed E-state index contributed by atoms with van der Waals surface area (Å²) in [6.07, 6.45) is 2.57. The molecule has 3 aliphatic rings. The zero-order valence-electron chi connectivity index (χ0n) is 18.5. The number of amides is 3. The lowest BCUT2D eigenvalue weighted by atomic mass is 9.98. The van der Waals surface area contributed by atoms with Crippen molar-refractivity contribution in [2.45, 2.75) is 44.3 Å². The fraction of sp³-hybridized carbons (Fsp3) is 0.360. The highest BCUT2D eigenvalue weighted by Crippen LogP contribution is 2.44. The number of aromatic amines is 1. The van der Waals surface area contributed by atoms with E-state index in [4.69, 9.17) is 4.98 Å². The van der Waals surface area contributed by atoms with Crippen molar-refractivity contribution in [2.24, 2.45) is 0 Å². The number of carbonyl (C=O) groups is 3. The summed E-state index contributed by atoms with van der Waals surface area (Å²) in [6.45, 7) is 2.45. The van der Waals surface area contributed by atoms with Gasteiger partial charge in [-0.05, 0) is 50.5 Å². The summed E-state index contributed by atoms with van der Waals surface area (Å²) in [5, 5.41) is 0. The highest BCUT2D eigenvalue weighted by molar-refractivity contribution is 6.11. The number of carbonyl (C=O) groups excluding carboxylic acids is 3. The third-order valence-electron chi connectivity index (χ3n) is 7.34. The zero-order valence-corrected chi connectivity index (χ0v) is 18.5. The quantitative estimate of drug-likeness (QED) is 0.673. The van der Waals surface area contributed by atoms with Gasteiger partial charge in [0, 0.05) is 13.0 Å². The first-order valence-corrected chi connectivity index (χ1v) is 11.5. The van der Waals surface area contributed by atoms with Crippen molar-refractivity contribution in [2.75, 3.05) is 18.0 Å². The number of likely N-dealkylation sites (tertiary alicyclic amines) is 1. The number of para-hydroxylation sites is 3. The molecule has 2 saturated heterocycles. The third kappa shape index (κ3) is 2.90. The van der Waals surface area contributed by atoms with E-state index in [1.165, 1.54) is 0 Å². The Balaban J connectivity index is 1.31. The smallest absolute Gasteiger partial charge is 0.258 e. The van der Waals surface area contributed by atoms with Gasteiger partial charge in [0.1, 0.15) is 18.0 Å². The first-order chi connectivity index (χ1) is 16.0. The summed E-state index contributed by atoms with van der Waals surface area (Å²) in [5.41, 5.74) is 2.09. The van der Waals surface area contributed by atoms with Crippen LogP contribution in [0, 0.1) is 0 Å². The van der Waals surface area contributed by atoms with Gasteiger partial charge in [-0.15, -0.1) is 0 Å². The molecule has 0 bridgehead atoms. The lowest BCUT2D eigenvalue weighted by Crippen LogP contribution is -2.64. The molecule has 2 fully saturated rings. The molecule has 3 aliphatic heterocycles. The number of nitrogens with zero attached hydrogens (tertiary/aromatic N) is 4. The summed E-state index contributed by atoms with van der Waals surface area (Å²) in [6, 6.07) is 14.8. The normalized spacial score (nSPS) is 24.5. The maximum absolute atomic E-state index is 13.6. The lowest BCUT2D eigenvalue weighted by Gasteiger charge is -2.48. The Morgan fingerprint density at radius 2 is 1.94 bits per heavy atom. The van der Waals surface area contributed by atoms with Gasteiger partial charge in [0.2, 0.25) is 11.8 Å². The molecule has 33 heavy (non-hydrogen) atoms. The van der Waals surface area contributed by atoms with Crippen LogP contribution in [-0.4, -0.2) is 56.2 Å². The van der Waals surface area contributed by atoms with Gasteiger partial charge < -0.3 is 14.8 Å². The van der Waals surface area contributed by atoms with E-state index in [2.05, 4.69) is 4.98 Å². The number of hydrogen-bond donors (Lipinski definition) is 1. The van der Waals surface area contributed by atoms with Gasteiger partial charge in [-0.25, -0.2) is 4.98 Å². The molecule has 0 spiro atoms. The first-order valence-electron chi connectivity index (χ1n) is 11.5. The van der Waals surface area contributed by atoms with E-state index in [0.29, 0.717) is 30.6 Å². The monoisotopic (exact) mass is 443 g/mol. The van der Waals surface area contributed by atoms with Crippen LogP contribution in [0.25, 0.3) is 11.0 Å². The highest BCUT2D eigenvalue weighted by atomic mass is 16.2. The van der Waals surface area contributed by atoms with Gasteiger partial charge in [-0.3, -0.25) is 19.3 Å². The predicted octanol–water partition coefficient (Wildman–Crippen LogP) is 3.23. The number of hydrogen-bond acceptors (Lipinski definition) is 4. The molecule has 8 nitrogen and oxygen atoms in total. The predicted molar refractivity (Wildman–Crippen MR) is 122 cm³/mol. The number of H-pyrrole nitrogens is 1. The van der Waals surface area contributed by atoms with Crippen LogP contribution in [0.3, 0.4) is 0 Å². The van der Waals surface area contributed by atoms with Crippen molar-refractivity contribution >= 4 is 34.4 Å². The Bertz CT molecular complexity index is 1270. The minimum atomic E-state index is -0.841. The summed E-state index contributed by atoms with van der Waals surface area (Å²) in [7, 11) is 0.